The monoisotopic (exact) mass is 246 g/mol. The van der Waals surface area contributed by atoms with Gasteiger partial charge < -0.3 is 4.74 Å². The lowest BCUT2D eigenvalue weighted by Crippen LogP contribution is -2.27. The summed E-state index contributed by atoms with van der Waals surface area (Å²) >= 11 is 0. The third kappa shape index (κ3) is 2.56. The molecule has 1 aromatic carbocycles. The van der Waals surface area contributed by atoms with E-state index >= 15 is 0 Å². The van der Waals surface area contributed by atoms with Crippen molar-refractivity contribution in [3.63, 3.8) is 0 Å². The first-order valence-electron chi connectivity index (χ1n) is 5.83. The Kier molecular flexibility index (Phi) is 3.72. The highest BCUT2D eigenvalue weighted by atomic mass is 16.5. The van der Waals surface area contributed by atoms with Gasteiger partial charge in [0.25, 0.3) is 5.56 Å². The minimum atomic E-state index is -0.443. The number of carbonyl (C=O) groups excluding carboxylic acids is 1. The van der Waals surface area contributed by atoms with Crippen LogP contribution in [0.5, 0.6) is 0 Å². The Morgan fingerprint density at radius 2 is 2.17 bits per heavy atom. The maximum atomic E-state index is 12.0. The van der Waals surface area contributed by atoms with Crippen molar-refractivity contribution in [1.29, 1.82) is 0 Å². The van der Waals surface area contributed by atoms with E-state index in [-0.39, 0.29) is 12.1 Å². The van der Waals surface area contributed by atoms with E-state index in [1.165, 1.54) is 0 Å². The summed E-state index contributed by atoms with van der Waals surface area (Å²) in [5, 5.41) is 5.27. The zero-order valence-electron chi connectivity index (χ0n) is 10.1. The molecule has 0 aliphatic carbocycles. The summed E-state index contributed by atoms with van der Waals surface area (Å²) in [6, 6.07) is 7.14. The Bertz CT molecular complexity index is 619. The fourth-order valence-corrected chi connectivity index (χ4v) is 1.62. The Hall–Kier alpha value is -2.17. The third-order valence-corrected chi connectivity index (χ3v) is 2.51. The molecule has 0 N–H and O–H groups in total. The van der Waals surface area contributed by atoms with Crippen LogP contribution >= 0.6 is 0 Å². The molecule has 0 radical (unpaired) electrons. The zero-order chi connectivity index (χ0) is 13.0. The Morgan fingerprint density at radius 1 is 1.39 bits per heavy atom. The van der Waals surface area contributed by atoms with Gasteiger partial charge in [-0.25, -0.2) is 4.68 Å². The van der Waals surface area contributed by atoms with Gasteiger partial charge in [0.05, 0.1) is 18.2 Å². The Balaban J connectivity index is 2.27. The van der Waals surface area contributed by atoms with Gasteiger partial charge >= 0.3 is 5.97 Å². The molecule has 0 saturated heterocycles. The van der Waals surface area contributed by atoms with Crippen LogP contribution in [0.15, 0.2) is 35.3 Å². The second-order valence-corrected chi connectivity index (χ2v) is 3.92. The average molecular weight is 246 g/mol. The minimum Gasteiger partial charge on any atom is -0.464 e. The largest absolute Gasteiger partial charge is 0.464 e. The van der Waals surface area contributed by atoms with Crippen LogP contribution in [0.2, 0.25) is 0 Å². The van der Waals surface area contributed by atoms with Crippen LogP contribution in [-0.2, 0) is 16.1 Å². The molecule has 0 saturated carbocycles. The molecule has 0 bridgehead atoms. The molecule has 0 atom stereocenters. The molecule has 1 heterocycles. The second-order valence-electron chi connectivity index (χ2n) is 3.92. The van der Waals surface area contributed by atoms with E-state index in [9.17, 15) is 9.59 Å². The van der Waals surface area contributed by atoms with Crippen molar-refractivity contribution in [2.24, 2.45) is 0 Å². The van der Waals surface area contributed by atoms with Gasteiger partial charge in [0.1, 0.15) is 6.54 Å². The van der Waals surface area contributed by atoms with E-state index in [0.29, 0.717) is 12.0 Å². The van der Waals surface area contributed by atoms with E-state index in [1.54, 1.807) is 18.3 Å². The predicted octanol–water partition coefficient (Wildman–Crippen LogP) is 1.35. The van der Waals surface area contributed by atoms with E-state index < -0.39 is 5.97 Å². The van der Waals surface area contributed by atoms with Crippen LogP contribution in [0.25, 0.3) is 10.8 Å². The first-order valence-corrected chi connectivity index (χ1v) is 5.83. The second kappa shape index (κ2) is 5.44. The first kappa shape index (κ1) is 12.3. The van der Waals surface area contributed by atoms with Gasteiger partial charge in [0.2, 0.25) is 0 Å². The average Bonchev–Trinajstić information content (AvgIpc) is 2.40. The fraction of sp³-hybridized carbons (Fsp3) is 0.308. The van der Waals surface area contributed by atoms with Gasteiger partial charge in [-0.1, -0.05) is 25.1 Å². The molecular weight excluding hydrogens is 232 g/mol. The van der Waals surface area contributed by atoms with Gasteiger partial charge in [-0.3, -0.25) is 9.59 Å². The van der Waals surface area contributed by atoms with Gasteiger partial charge in [0.15, 0.2) is 0 Å². The molecule has 18 heavy (non-hydrogen) atoms. The number of hydrogen-bond acceptors (Lipinski definition) is 4. The van der Waals surface area contributed by atoms with Gasteiger partial charge in [-0.05, 0) is 12.5 Å². The lowest BCUT2D eigenvalue weighted by atomic mass is 10.2. The van der Waals surface area contributed by atoms with E-state index in [1.807, 2.05) is 19.1 Å². The molecule has 0 fully saturated rings. The summed E-state index contributed by atoms with van der Waals surface area (Å²) in [7, 11) is 0. The number of esters is 1. The SMILES string of the molecule is CCCOC(=O)Cn1ncc2ccccc2c1=O. The number of benzene rings is 1. The summed E-state index contributed by atoms with van der Waals surface area (Å²) in [5.74, 6) is -0.443. The molecule has 0 spiro atoms. The molecule has 1 aromatic heterocycles. The highest BCUT2D eigenvalue weighted by Crippen LogP contribution is 2.06. The van der Waals surface area contributed by atoms with E-state index in [4.69, 9.17) is 4.74 Å². The van der Waals surface area contributed by atoms with Gasteiger partial charge in [-0.15, -0.1) is 0 Å². The molecule has 0 amide bonds. The van der Waals surface area contributed by atoms with Crippen molar-refractivity contribution in [2.45, 2.75) is 19.9 Å². The molecule has 2 aromatic rings. The standard InChI is InChI=1S/C13H14N2O3/c1-2-7-18-12(16)9-15-13(17)11-6-4-3-5-10(11)8-14-15/h3-6,8H,2,7,9H2,1H3. The smallest absolute Gasteiger partial charge is 0.327 e. The first-order chi connectivity index (χ1) is 8.72. The Labute approximate surface area is 104 Å². The molecular formula is C13H14N2O3. The molecule has 94 valence electrons. The van der Waals surface area contributed by atoms with Crippen LogP contribution in [0.3, 0.4) is 0 Å². The minimum absolute atomic E-state index is 0.149. The zero-order valence-corrected chi connectivity index (χ0v) is 10.1. The van der Waals surface area contributed by atoms with E-state index in [0.717, 1.165) is 16.5 Å². The van der Waals surface area contributed by atoms with Crippen molar-refractivity contribution in [2.75, 3.05) is 6.61 Å². The van der Waals surface area contributed by atoms with Crippen molar-refractivity contribution in [3.05, 3.63) is 40.8 Å². The molecule has 0 aliphatic rings. The van der Waals surface area contributed by atoms with Crippen molar-refractivity contribution < 1.29 is 9.53 Å². The van der Waals surface area contributed by atoms with Crippen molar-refractivity contribution in [3.8, 4) is 0 Å². The molecule has 2 rings (SSSR count). The summed E-state index contributed by atoms with van der Waals surface area (Å²) in [5.41, 5.74) is -0.276. The van der Waals surface area contributed by atoms with Crippen molar-refractivity contribution >= 4 is 16.7 Å². The summed E-state index contributed by atoms with van der Waals surface area (Å²) in [4.78, 5) is 23.5. The summed E-state index contributed by atoms with van der Waals surface area (Å²) in [6.07, 6.45) is 2.33. The number of fused-ring (bicyclic) bond motifs is 1. The predicted molar refractivity (Wildman–Crippen MR) is 67.3 cm³/mol. The van der Waals surface area contributed by atoms with Crippen molar-refractivity contribution in [1.82, 2.24) is 9.78 Å². The number of carbonyl (C=O) groups is 1. The lowest BCUT2D eigenvalue weighted by Gasteiger charge is -2.05. The lowest BCUT2D eigenvalue weighted by molar-refractivity contribution is -0.144. The molecule has 5 heteroatoms. The molecule has 0 aliphatic heterocycles. The summed E-state index contributed by atoms with van der Waals surface area (Å²) in [6.45, 7) is 2.12. The highest BCUT2D eigenvalue weighted by Gasteiger charge is 2.08. The highest BCUT2D eigenvalue weighted by molar-refractivity contribution is 5.80. The van der Waals surface area contributed by atoms with Crippen LogP contribution in [0.1, 0.15) is 13.3 Å². The summed E-state index contributed by atoms with van der Waals surface area (Å²) < 4.78 is 6.05. The van der Waals surface area contributed by atoms with E-state index in [2.05, 4.69) is 5.10 Å². The van der Waals surface area contributed by atoms with Crippen LogP contribution in [0.4, 0.5) is 0 Å². The third-order valence-electron chi connectivity index (χ3n) is 2.51. The number of aromatic nitrogens is 2. The topological polar surface area (TPSA) is 61.2 Å². The Morgan fingerprint density at radius 3 is 2.94 bits per heavy atom. The normalized spacial score (nSPS) is 10.5. The molecule has 5 nitrogen and oxygen atoms in total. The quantitative estimate of drug-likeness (QED) is 0.764. The van der Waals surface area contributed by atoms with Crippen LogP contribution < -0.4 is 5.56 Å². The number of hydrogen-bond donors (Lipinski definition) is 0. The van der Waals surface area contributed by atoms with Crippen LogP contribution in [0, 0.1) is 0 Å². The van der Waals surface area contributed by atoms with Gasteiger partial charge in [0, 0.05) is 5.39 Å². The number of rotatable bonds is 4. The fourth-order valence-electron chi connectivity index (χ4n) is 1.62. The van der Waals surface area contributed by atoms with Crippen LogP contribution in [-0.4, -0.2) is 22.4 Å². The maximum absolute atomic E-state index is 12.0. The number of ether oxygens (including phenoxy) is 1. The van der Waals surface area contributed by atoms with Gasteiger partial charge in [-0.2, -0.15) is 5.10 Å². The number of nitrogens with zero attached hydrogens (tertiary/aromatic N) is 2. The molecule has 0 unspecified atom stereocenters. The maximum Gasteiger partial charge on any atom is 0.327 e.